The van der Waals surface area contributed by atoms with Crippen molar-refractivity contribution in [2.75, 3.05) is 0 Å². The first kappa shape index (κ1) is 22.5. The molecule has 0 bridgehead atoms. The number of rotatable bonds is 5. The lowest BCUT2D eigenvalue weighted by atomic mass is 9.98. The molecule has 0 aliphatic heterocycles. The molecular weight excluding hydrogens is 502 g/mol. The zero-order valence-electron chi connectivity index (χ0n) is 20.0. The summed E-state index contributed by atoms with van der Waals surface area (Å²) in [6.45, 7) is 0. The minimum atomic E-state index is 0.308. The van der Waals surface area contributed by atoms with Gasteiger partial charge in [0.05, 0.1) is 32.7 Å². The molecule has 1 saturated carbocycles. The van der Waals surface area contributed by atoms with Crippen LogP contribution in [0.3, 0.4) is 0 Å². The van der Waals surface area contributed by atoms with Gasteiger partial charge < -0.3 is 9.72 Å². The van der Waals surface area contributed by atoms with Crippen molar-refractivity contribution in [1.82, 2.24) is 25.1 Å². The summed E-state index contributed by atoms with van der Waals surface area (Å²) in [5.74, 6) is 1.58. The van der Waals surface area contributed by atoms with E-state index in [0.717, 1.165) is 66.7 Å². The van der Waals surface area contributed by atoms with Crippen LogP contribution in [0.15, 0.2) is 66.7 Å². The second-order valence-electron chi connectivity index (χ2n) is 9.46. The molecule has 0 spiro atoms. The highest BCUT2D eigenvalue weighted by Crippen LogP contribution is 2.36. The quantitative estimate of drug-likeness (QED) is 0.237. The molecule has 1 fully saturated rings. The number of nitrogens with one attached hydrogen (secondary N) is 2. The Kier molecular flexibility index (Phi) is 5.67. The molecule has 2 aromatic carbocycles. The van der Waals surface area contributed by atoms with Crippen molar-refractivity contribution in [2.45, 2.75) is 38.2 Å². The normalized spacial score (nSPS) is 14.5. The summed E-state index contributed by atoms with van der Waals surface area (Å²) < 4.78 is 7.05. The number of thiophene rings is 1. The highest BCUT2D eigenvalue weighted by Gasteiger charge is 2.18. The summed E-state index contributed by atoms with van der Waals surface area (Å²) >= 11 is 7.74. The van der Waals surface area contributed by atoms with E-state index in [1.54, 1.807) is 11.3 Å². The first-order chi connectivity index (χ1) is 18.2. The summed E-state index contributed by atoms with van der Waals surface area (Å²) in [6.07, 6.45) is 6.37. The number of imidazole rings is 1. The van der Waals surface area contributed by atoms with Crippen LogP contribution < -0.4 is 4.74 Å². The minimum absolute atomic E-state index is 0.308. The average Bonchev–Trinajstić information content (AvgIpc) is 3.66. The van der Waals surface area contributed by atoms with Gasteiger partial charge in [-0.3, -0.25) is 5.10 Å². The Balaban J connectivity index is 1.26. The molecule has 7 rings (SSSR count). The molecule has 0 radical (unpaired) electrons. The van der Waals surface area contributed by atoms with E-state index in [-0.39, 0.29) is 0 Å². The Labute approximate surface area is 222 Å². The molecule has 0 atom stereocenters. The van der Waals surface area contributed by atoms with Gasteiger partial charge in [0.2, 0.25) is 0 Å². The second kappa shape index (κ2) is 9.32. The van der Waals surface area contributed by atoms with Gasteiger partial charge in [-0.05, 0) is 68.1 Å². The van der Waals surface area contributed by atoms with Crippen LogP contribution >= 0.6 is 22.9 Å². The highest BCUT2D eigenvalue weighted by atomic mass is 35.5. The molecule has 0 saturated heterocycles. The van der Waals surface area contributed by atoms with Crippen molar-refractivity contribution < 1.29 is 4.74 Å². The molecule has 1 aliphatic rings. The molecule has 0 unspecified atom stereocenters. The van der Waals surface area contributed by atoms with Crippen molar-refractivity contribution in [3.63, 3.8) is 0 Å². The standard InChI is InChI=1S/C29H24ClN5OS/c30-25-15-14-24(37-25)20-10-5-11-22-26(20)33-29(32-22)28-27-23(34-35-28)13-12-21(31-27)17-6-4-9-19(16-17)36-18-7-2-1-3-8-18/h4-6,9-16,18H,1-3,7-8H2,(H,32,33)(H,34,35). The molecule has 6 nitrogen and oxygen atoms in total. The van der Waals surface area contributed by atoms with Gasteiger partial charge in [-0.2, -0.15) is 5.10 Å². The lowest BCUT2D eigenvalue weighted by molar-refractivity contribution is 0.155. The fraction of sp³-hybridized carbons (Fsp3) is 0.207. The van der Waals surface area contributed by atoms with Crippen LogP contribution in [0.2, 0.25) is 4.34 Å². The number of benzene rings is 2. The number of H-pyrrole nitrogens is 2. The van der Waals surface area contributed by atoms with Crippen molar-refractivity contribution in [3.05, 3.63) is 71.1 Å². The SMILES string of the molecule is Clc1ccc(-c2cccc3[nH]c(-c4n[nH]c5ccc(-c6cccc(OC7CCCCC7)c6)nc45)nc23)s1. The van der Waals surface area contributed by atoms with Crippen LogP contribution in [0.1, 0.15) is 32.1 Å². The van der Waals surface area contributed by atoms with Crippen molar-refractivity contribution in [1.29, 1.82) is 0 Å². The van der Waals surface area contributed by atoms with E-state index >= 15 is 0 Å². The number of ether oxygens (including phenoxy) is 1. The monoisotopic (exact) mass is 525 g/mol. The third-order valence-corrected chi connectivity index (χ3v) is 8.23. The summed E-state index contributed by atoms with van der Waals surface area (Å²) in [5.41, 5.74) is 7.08. The molecule has 2 N–H and O–H groups in total. The molecule has 37 heavy (non-hydrogen) atoms. The van der Waals surface area contributed by atoms with Crippen LogP contribution in [0.5, 0.6) is 5.75 Å². The zero-order chi connectivity index (χ0) is 24.8. The minimum Gasteiger partial charge on any atom is -0.490 e. The number of nitrogens with zero attached hydrogens (tertiary/aromatic N) is 3. The van der Waals surface area contributed by atoms with Crippen molar-refractivity contribution in [2.24, 2.45) is 0 Å². The maximum absolute atomic E-state index is 6.30. The number of para-hydroxylation sites is 1. The zero-order valence-corrected chi connectivity index (χ0v) is 21.6. The van der Waals surface area contributed by atoms with E-state index in [0.29, 0.717) is 17.6 Å². The Bertz CT molecular complexity index is 1730. The van der Waals surface area contributed by atoms with Gasteiger partial charge in [-0.25, -0.2) is 9.97 Å². The van der Waals surface area contributed by atoms with E-state index in [4.69, 9.17) is 26.3 Å². The molecule has 0 amide bonds. The van der Waals surface area contributed by atoms with Crippen LogP contribution in [0.25, 0.3) is 55.3 Å². The first-order valence-corrected chi connectivity index (χ1v) is 13.8. The Hall–Kier alpha value is -3.68. The molecular formula is C29H24ClN5OS. The van der Waals surface area contributed by atoms with Gasteiger partial charge in [-0.1, -0.05) is 42.3 Å². The van der Waals surface area contributed by atoms with Crippen LogP contribution in [-0.2, 0) is 0 Å². The fourth-order valence-electron chi connectivity index (χ4n) is 5.13. The summed E-state index contributed by atoms with van der Waals surface area (Å²) in [7, 11) is 0. The van der Waals surface area contributed by atoms with E-state index in [1.807, 2.05) is 48.5 Å². The van der Waals surface area contributed by atoms with Gasteiger partial charge in [0, 0.05) is 16.0 Å². The molecule has 184 valence electrons. The third-order valence-electron chi connectivity index (χ3n) is 6.97. The lowest BCUT2D eigenvalue weighted by Gasteiger charge is -2.23. The Morgan fingerprint density at radius 3 is 2.62 bits per heavy atom. The van der Waals surface area contributed by atoms with Crippen LogP contribution in [0, 0.1) is 0 Å². The number of halogens is 1. The molecule has 4 aromatic heterocycles. The van der Waals surface area contributed by atoms with Crippen LogP contribution in [-0.4, -0.2) is 31.3 Å². The maximum Gasteiger partial charge on any atom is 0.161 e. The van der Waals surface area contributed by atoms with Crippen molar-refractivity contribution in [3.8, 4) is 39.0 Å². The first-order valence-electron chi connectivity index (χ1n) is 12.6. The van der Waals surface area contributed by atoms with Gasteiger partial charge in [0.25, 0.3) is 0 Å². The number of aromatic amines is 2. The van der Waals surface area contributed by atoms with Gasteiger partial charge in [-0.15, -0.1) is 11.3 Å². The Morgan fingerprint density at radius 1 is 0.865 bits per heavy atom. The third kappa shape index (κ3) is 4.28. The molecule has 1 aliphatic carbocycles. The molecule has 6 aromatic rings. The number of fused-ring (bicyclic) bond motifs is 2. The number of aromatic nitrogens is 5. The Morgan fingerprint density at radius 2 is 1.76 bits per heavy atom. The van der Waals surface area contributed by atoms with Crippen LogP contribution in [0.4, 0.5) is 0 Å². The predicted octanol–water partition coefficient (Wildman–Crippen LogP) is 8.26. The van der Waals surface area contributed by atoms with Gasteiger partial charge in [0.15, 0.2) is 11.5 Å². The smallest absolute Gasteiger partial charge is 0.161 e. The second-order valence-corrected chi connectivity index (χ2v) is 11.2. The van der Waals surface area contributed by atoms with E-state index in [9.17, 15) is 0 Å². The van der Waals surface area contributed by atoms with Gasteiger partial charge in [0.1, 0.15) is 11.3 Å². The van der Waals surface area contributed by atoms with E-state index < -0.39 is 0 Å². The highest BCUT2D eigenvalue weighted by molar-refractivity contribution is 7.19. The lowest BCUT2D eigenvalue weighted by Crippen LogP contribution is -2.19. The largest absolute Gasteiger partial charge is 0.490 e. The predicted molar refractivity (Wildman–Crippen MR) is 150 cm³/mol. The summed E-state index contributed by atoms with van der Waals surface area (Å²) in [6, 6.07) is 22.3. The molecule has 4 heterocycles. The average molecular weight is 526 g/mol. The van der Waals surface area contributed by atoms with E-state index in [2.05, 4.69) is 33.4 Å². The number of pyridine rings is 1. The van der Waals surface area contributed by atoms with E-state index in [1.165, 1.54) is 19.3 Å². The fourth-order valence-corrected chi connectivity index (χ4v) is 6.20. The summed E-state index contributed by atoms with van der Waals surface area (Å²) in [5, 5.41) is 7.68. The topological polar surface area (TPSA) is 79.5 Å². The number of hydrogen-bond acceptors (Lipinski definition) is 5. The summed E-state index contributed by atoms with van der Waals surface area (Å²) in [4.78, 5) is 14.5. The maximum atomic E-state index is 6.30. The molecule has 8 heteroatoms. The van der Waals surface area contributed by atoms with Crippen molar-refractivity contribution >= 4 is 45.0 Å². The number of hydrogen-bond donors (Lipinski definition) is 2. The van der Waals surface area contributed by atoms with Gasteiger partial charge >= 0.3 is 0 Å².